The lowest BCUT2D eigenvalue weighted by molar-refractivity contribution is 0.619. The molecule has 0 fully saturated rings. The van der Waals surface area contributed by atoms with Gasteiger partial charge in [-0.25, -0.2) is 0 Å². The maximum absolute atomic E-state index is 2.38. The maximum atomic E-state index is 2.38. The molecule has 0 spiro atoms. The van der Waals surface area contributed by atoms with Crippen molar-refractivity contribution in [2.75, 3.05) is 0 Å². The molecular formula is C16H25P. The molecule has 0 aliphatic carbocycles. The van der Waals surface area contributed by atoms with Gasteiger partial charge in [0, 0.05) is 0 Å². The molecule has 1 heteroatoms. The molecule has 0 amide bonds. The minimum absolute atomic E-state index is 0.0205. The van der Waals surface area contributed by atoms with Crippen molar-refractivity contribution < 1.29 is 0 Å². The molecule has 0 atom stereocenters. The van der Waals surface area contributed by atoms with Crippen molar-refractivity contribution in [3.8, 4) is 0 Å². The summed E-state index contributed by atoms with van der Waals surface area (Å²) in [6.45, 7) is 2.28. The molecule has 0 unspecified atom stereocenters. The smallest absolute Gasteiger partial charge is 0.0141 e. The van der Waals surface area contributed by atoms with Gasteiger partial charge < -0.3 is 0 Å². The summed E-state index contributed by atoms with van der Waals surface area (Å²) in [4.78, 5) is 0. The number of rotatable bonds is 7. The highest BCUT2D eigenvalue weighted by atomic mass is 31.1. The normalized spacial score (nSPS) is 9.94. The van der Waals surface area contributed by atoms with Gasteiger partial charge in [0.15, 0.2) is 0 Å². The molecule has 1 heterocycles. The zero-order chi connectivity index (χ0) is 12.2. The van der Waals surface area contributed by atoms with Crippen LogP contribution in [0.25, 0.3) is 0 Å². The van der Waals surface area contributed by atoms with E-state index >= 15 is 0 Å². The van der Waals surface area contributed by atoms with Gasteiger partial charge >= 0.3 is 0 Å². The van der Waals surface area contributed by atoms with Crippen LogP contribution in [0.4, 0.5) is 0 Å². The molecule has 0 N–H and O–H groups in total. The third-order valence-electron chi connectivity index (χ3n) is 2.88. The van der Waals surface area contributed by atoms with Gasteiger partial charge in [0.05, 0.1) is 0 Å². The fraction of sp³-hybridized carbons (Fsp3) is 0.500. The van der Waals surface area contributed by atoms with E-state index in [1.807, 2.05) is 0 Å². The van der Waals surface area contributed by atoms with Crippen molar-refractivity contribution in [2.45, 2.75) is 51.6 Å². The van der Waals surface area contributed by atoms with Crippen molar-refractivity contribution in [3.63, 3.8) is 0 Å². The second kappa shape index (κ2) is 10.4. The number of unbranched alkanes of at least 4 members (excludes halogenated alkanes) is 5. The lowest BCUT2D eigenvalue weighted by Gasteiger charge is -2.01. The highest BCUT2D eigenvalue weighted by Gasteiger charge is 1.91. The Balaban J connectivity index is 2.29. The van der Waals surface area contributed by atoms with Gasteiger partial charge in [-0.2, -0.15) is 0 Å². The molecule has 1 aromatic rings. The van der Waals surface area contributed by atoms with Crippen molar-refractivity contribution >= 4 is 7.53 Å². The van der Waals surface area contributed by atoms with Crippen LogP contribution in [0.1, 0.15) is 45.4 Å². The van der Waals surface area contributed by atoms with E-state index in [0.29, 0.717) is 0 Å². The van der Waals surface area contributed by atoms with E-state index in [9.17, 15) is 0 Å². The fourth-order valence-corrected chi connectivity index (χ4v) is 3.48. The Labute approximate surface area is 107 Å². The van der Waals surface area contributed by atoms with Crippen LogP contribution in [0, 0.1) is 0 Å². The Morgan fingerprint density at radius 2 is 1.18 bits per heavy atom. The fourth-order valence-electron chi connectivity index (χ4n) is 1.85. The van der Waals surface area contributed by atoms with Crippen LogP contribution in [0.5, 0.6) is 0 Å². The van der Waals surface area contributed by atoms with Gasteiger partial charge in [-0.15, -0.1) is 7.53 Å². The molecular weight excluding hydrogens is 223 g/mol. The standard InChI is InChI=1S/C16H25P/c1-2-3-4-5-8-11-14-17-15-12-9-6-7-10-13-16-17/h6-7,9-10,12-13,15-16H,2-5,8,11,14H2,1H3. The Bertz CT molecular complexity index is 302. The summed E-state index contributed by atoms with van der Waals surface area (Å²) in [7, 11) is -0.0205. The Morgan fingerprint density at radius 1 is 0.647 bits per heavy atom. The Hall–Kier alpha value is -0.740. The van der Waals surface area contributed by atoms with Crippen LogP contribution in [-0.2, 0) is 6.16 Å². The van der Waals surface area contributed by atoms with Gasteiger partial charge in [0.2, 0.25) is 0 Å². The van der Waals surface area contributed by atoms with E-state index in [1.54, 1.807) is 0 Å². The summed E-state index contributed by atoms with van der Waals surface area (Å²) in [5, 5.41) is 0. The molecule has 1 aromatic heterocycles. The predicted molar refractivity (Wildman–Crippen MR) is 80.2 cm³/mol. The summed E-state index contributed by atoms with van der Waals surface area (Å²) in [5.74, 6) is 4.75. The molecule has 0 aliphatic heterocycles. The van der Waals surface area contributed by atoms with Gasteiger partial charge in [0.1, 0.15) is 0 Å². The minimum Gasteiger partial charge on any atom is -0.125 e. The minimum atomic E-state index is -0.0205. The van der Waals surface area contributed by atoms with Crippen molar-refractivity contribution in [1.82, 2.24) is 0 Å². The Kier molecular flexibility index (Phi) is 8.78. The van der Waals surface area contributed by atoms with Crippen LogP contribution in [0.3, 0.4) is 0 Å². The van der Waals surface area contributed by atoms with E-state index in [4.69, 9.17) is 0 Å². The van der Waals surface area contributed by atoms with Gasteiger partial charge in [-0.3, -0.25) is 0 Å². The summed E-state index contributed by atoms with van der Waals surface area (Å²) < 4.78 is 0. The summed E-state index contributed by atoms with van der Waals surface area (Å²) in [6, 6.07) is 12.8. The lowest BCUT2D eigenvalue weighted by Crippen LogP contribution is -1.78. The molecule has 0 nitrogen and oxygen atoms in total. The third-order valence-corrected chi connectivity index (χ3v) is 4.82. The second-order valence-electron chi connectivity index (χ2n) is 4.46. The molecule has 0 radical (unpaired) electrons. The van der Waals surface area contributed by atoms with Crippen LogP contribution >= 0.6 is 7.53 Å². The molecule has 0 aromatic carbocycles. The summed E-state index contributed by atoms with van der Waals surface area (Å²) in [5.41, 5.74) is 0. The first-order chi connectivity index (χ1) is 8.43. The van der Waals surface area contributed by atoms with Gasteiger partial charge in [-0.1, -0.05) is 75.4 Å². The van der Waals surface area contributed by atoms with E-state index in [0.717, 1.165) is 0 Å². The van der Waals surface area contributed by atoms with Crippen LogP contribution in [0.2, 0.25) is 0 Å². The third kappa shape index (κ3) is 8.05. The topological polar surface area (TPSA) is 0 Å². The highest BCUT2D eigenvalue weighted by molar-refractivity contribution is 7.47. The Morgan fingerprint density at radius 3 is 1.82 bits per heavy atom. The van der Waals surface area contributed by atoms with E-state index in [1.165, 1.54) is 44.7 Å². The van der Waals surface area contributed by atoms with Gasteiger partial charge in [-0.05, 0) is 24.2 Å². The largest absolute Gasteiger partial charge is 0.125 e. The number of hydrogen-bond acceptors (Lipinski definition) is 0. The number of aryl methyl sites for hydroxylation is 1. The molecule has 1 rings (SSSR count). The number of hydrogen-bond donors (Lipinski definition) is 0. The first-order valence-corrected chi connectivity index (χ1v) is 8.54. The van der Waals surface area contributed by atoms with Crippen LogP contribution < -0.4 is 0 Å². The predicted octanol–water partition coefficient (Wildman–Crippen LogP) is 6.16. The lowest BCUT2D eigenvalue weighted by atomic mass is 10.1. The molecule has 94 valence electrons. The zero-order valence-corrected chi connectivity index (χ0v) is 11.9. The average Bonchev–Trinajstić information content (AvgIpc) is 2.47. The van der Waals surface area contributed by atoms with E-state index in [-0.39, 0.29) is 7.53 Å². The average molecular weight is 248 g/mol. The van der Waals surface area contributed by atoms with E-state index in [2.05, 4.69) is 54.9 Å². The SMILES string of the molecule is CCCCCCCCp1cccccccc1. The van der Waals surface area contributed by atoms with Crippen molar-refractivity contribution in [3.05, 3.63) is 48.0 Å². The molecule has 0 saturated heterocycles. The second-order valence-corrected chi connectivity index (χ2v) is 6.53. The highest BCUT2D eigenvalue weighted by Crippen LogP contribution is 2.27. The molecule has 0 aliphatic rings. The van der Waals surface area contributed by atoms with E-state index < -0.39 is 0 Å². The molecule has 17 heavy (non-hydrogen) atoms. The monoisotopic (exact) mass is 248 g/mol. The van der Waals surface area contributed by atoms with Gasteiger partial charge in [0.25, 0.3) is 0 Å². The quantitative estimate of drug-likeness (QED) is 0.507. The van der Waals surface area contributed by atoms with Crippen molar-refractivity contribution in [2.24, 2.45) is 0 Å². The van der Waals surface area contributed by atoms with Crippen LogP contribution in [0.15, 0.2) is 48.0 Å². The molecule has 0 bridgehead atoms. The first-order valence-electron chi connectivity index (χ1n) is 6.87. The maximum Gasteiger partial charge on any atom is -0.0141 e. The molecule has 0 saturated carbocycles. The summed E-state index contributed by atoms with van der Waals surface area (Å²) in [6.07, 6.45) is 9.75. The van der Waals surface area contributed by atoms with Crippen molar-refractivity contribution in [1.29, 1.82) is 0 Å². The first kappa shape index (κ1) is 14.3. The summed E-state index contributed by atoms with van der Waals surface area (Å²) >= 11 is 0. The zero-order valence-electron chi connectivity index (χ0n) is 11.0. The van der Waals surface area contributed by atoms with Crippen LogP contribution in [-0.4, -0.2) is 0 Å².